The summed E-state index contributed by atoms with van der Waals surface area (Å²) in [5.41, 5.74) is 9.64. The van der Waals surface area contributed by atoms with Gasteiger partial charge in [-0.1, -0.05) is 0 Å². The number of aromatic nitrogens is 4. The van der Waals surface area contributed by atoms with Gasteiger partial charge in [0.2, 0.25) is 0 Å². The van der Waals surface area contributed by atoms with E-state index in [1.54, 1.807) is 48.5 Å². The van der Waals surface area contributed by atoms with Gasteiger partial charge in [0.15, 0.2) is 23.0 Å². The molecular weight excluding hydrogens is 649 g/mol. The molecule has 0 spiro atoms. The molecule has 1 aliphatic heterocycles. The Bertz CT molecular complexity index is 2110. The molecule has 0 radical (unpaired) electrons. The number of nitrogens with one attached hydrogen (secondary N) is 4. The average molecular weight is 681 g/mol. The maximum absolute atomic E-state index is 10.6. The zero-order chi connectivity index (χ0) is 35.3. The second-order valence-corrected chi connectivity index (χ2v) is 12.8. The number of aromatic amines is 4. The molecule has 0 aliphatic carbocycles. The Labute approximate surface area is 299 Å². The Morgan fingerprint density at radius 3 is 0.635 bits per heavy atom. The van der Waals surface area contributed by atoms with Crippen molar-refractivity contribution in [1.82, 2.24) is 19.9 Å². The van der Waals surface area contributed by atoms with Gasteiger partial charge in [0.05, 0.1) is 70.8 Å². The summed E-state index contributed by atoms with van der Waals surface area (Å²) in [5, 5.41) is 42.3. The molecule has 8 aromatic rings. The van der Waals surface area contributed by atoms with Crippen molar-refractivity contribution in [3.63, 3.8) is 0 Å². The molecule has 0 saturated carbocycles. The Balaban J connectivity index is 1.31. The average Bonchev–Trinajstić information content (AvgIpc) is 3.96. The van der Waals surface area contributed by atoms with E-state index in [9.17, 15) is 20.4 Å². The van der Waals surface area contributed by atoms with Crippen LogP contribution in [-0.4, -0.2) is 40.4 Å². The van der Waals surface area contributed by atoms with Gasteiger partial charge in [-0.25, -0.2) is 0 Å². The van der Waals surface area contributed by atoms with E-state index in [-0.39, 0.29) is 23.0 Å². The fourth-order valence-corrected chi connectivity index (χ4v) is 7.22. The summed E-state index contributed by atoms with van der Waals surface area (Å²) in [6.07, 6.45) is 0. The highest BCUT2D eigenvalue weighted by Crippen LogP contribution is 2.41. The second kappa shape index (κ2) is 12.2. The van der Waals surface area contributed by atoms with Crippen molar-refractivity contribution >= 4 is 0 Å². The van der Waals surface area contributed by atoms with Gasteiger partial charge in [0, 0.05) is 48.5 Å². The third kappa shape index (κ3) is 5.45. The monoisotopic (exact) mass is 680 g/mol. The lowest BCUT2D eigenvalue weighted by molar-refractivity contribution is 0.474. The van der Waals surface area contributed by atoms with Gasteiger partial charge in [-0.05, 0) is 48.5 Å². The highest BCUT2D eigenvalue weighted by Gasteiger charge is 2.38. The van der Waals surface area contributed by atoms with E-state index in [0.717, 1.165) is 91.5 Å². The molecule has 9 rings (SSSR count). The minimum Gasteiger partial charge on any atom is -0.501 e. The molecule has 4 aromatic carbocycles. The van der Waals surface area contributed by atoms with Crippen LogP contribution >= 0.6 is 0 Å². The first kappa shape index (κ1) is 30.7. The highest BCUT2D eigenvalue weighted by molar-refractivity contribution is 5.64. The van der Waals surface area contributed by atoms with E-state index in [0.29, 0.717) is 0 Å². The first-order valence-electron chi connectivity index (χ1n) is 16.8. The van der Waals surface area contributed by atoms with Crippen LogP contribution in [0.2, 0.25) is 0 Å². The molecule has 52 heavy (non-hydrogen) atoms. The molecule has 0 atom stereocenters. The molecule has 8 heteroatoms. The largest absolute Gasteiger partial charge is 0.501 e. The minimum atomic E-state index is 0.145. The Morgan fingerprint density at radius 1 is 0.269 bits per heavy atom. The van der Waals surface area contributed by atoms with Gasteiger partial charge in [-0.3, -0.25) is 0 Å². The molecule has 1 aliphatic rings. The number of rotatable bonds is 4. The molecule has 0 amide bonds. The van der Waals surface area contributed by atoms with Crippen LogP contribution in [0.15, 0.2) is 146 Å². The summed E-state index contributed by atoms with van der Waals surface area (Å²) >= 11 is 0. The van der Waals surface area contributed by atoms with Gasteiger partial charge in [-0.2, -0.15) is 0 Å². The molecule has 248 valence electrons. The van der Waals surface area contributed by atoms with Crippen LogP contribution in [0, 0.1) is 23.7 Å². The summed E-state index contributed by atoms with van der Waals surface area (Å²) in [6.45, 7) is 0. The number of H-pyrrole nitrogens is 4. The van der Waals surface area contributed by atoms with Crippen molar-refractivity contribution in [1.29, 1.82) is 0 Å². The van der Waals surface area contributed by atoms with Crippen molar-refractivity contribution in [2.24, 2.45) is 0 Å². The fourth-order valence-electron chi connectivity index (χ4n) is 7.22. The van der Waals surface area contributed by atoms with Crippen molar-refractivity contribution in [2.75, 3.05) is 0 Å². The Morgan fingerprint density at radius 2 is 0.462 bits per heavy atom. The van der Waals surface area contributed by atoms with E-state index in [4.69, 9.17) is 0 Å². The van der Waals surface area contributed by atoms with Crippen LogP contribution in [-0.2, 0) is 0 Å². The maximum Gasteiger partial charge on any atom is 0.151 e. The Kier molecular flexibility index (Phi) is 7.22. The first-order valence-corrected chi connectivity index (χ1v) is 16.8. The van der Waals surface area contributed by atoms with E-state index in [1.807, 2.05) is 97.1 Å². The van der Waals surface area contributed by atoms with Crippen molar-refractivity contribution in [3.8, 4) is 23.0 Å². The van der Waals surface area contributed by atoms with Crippen LogP contribution in [0.25, 0.3) is 0 Å². The van der Waals surface area contributed by atoms with E-state index < -0.39 is 0 Å². The molecule has 8 bridgehead atoms. The lowest BCUT2D eigenvalue weighted by Crippen LogP contribution is -2.12. The normalized spacial score (nSPS) is 12.8. The summed E-state index contributed by atoms with van der Waals surface area (Å²) in [5.74, 6) is 3.93. The molecule has 8 N–H and O–H groups in total. The molecular formula is C44H32N4O4+4. The third-order valence-corrected chi connectivity index (χ3v) is 9.44. The molecule has 4 aromatic heterocycles. The molecule has 8 nitrogen and oxygen atoms in total. The summed E-state index contributed by atoms with van der Waals surface area (Å²) in [6, 6.07) is 44.8. The predicted molar refractivity (Wildman–Crippen MR) is 198 cm³/mol. The van der Waals surface area contributed by atoms with Crippen LogP contribution in [0.1, 0.15) is 67.8 Å². The molecule has 5 heterocycles. The zero-order valence-electron chi connectivity index (χ0n) is 27.6. The standard InChI is InChI=1S/C44H28N4O4/c49-29-9-1-5-25(21-29)41-33-13-15-35(45-33)42(26-6-2-10-30(50)22-26)37-17-19-39(47-37)44(28-8-4-12-32(52)24-28)40-20-18-38(48-40)43(36-16-14-34(41)46-36)27-7-3-11-31(51)23-27/h1-24,45-48H/p+4. The first-order chi connectivity index (χ1) is 25.4. The van der Waals surface area contributed by atoms with Crippen LogP contribution in [0.5, 0.6) is 23.0 Å². The lowest BCUT2D eigenvalue weighted by Gasteiger charge is -2.13. The van der Waals surface area contributed by atoms with E-state index in [1.165, 1.54) is 0 Å². The van der Waals surface area contributed by atoms with Crippen LogP contribution in [0.3, 0.4) is 0 Å². The fraction of sp³-hybridized carbons (Fsp3) is 0. The number of phenols is 4. The highest BCUT2D eigenvalue weighted by atomic mass is 16.3. The maximum atomic E-state index is 10.6. The van der Waals surface area contributed by atoms with Gasteiger partial charge in [0.1, 0.15) is 69.2 Å². The molecule has 0 fully saturated rings. The SMILES string of the molecule is Oc1cccc([C+]2c3ccc([nH]3)[C+](c3cccc(O)c3)c3ccc([nH]3)[C+](c3cccc(O)c3)c3ccc([nH]3)[C+](c3cccc(O)c3)c3ccc2[nH]3)c1. The minimum absolute atomic E-state index is 0.145. The zero-order valence-corrected chi connectivity index (χ0v) is 27.6. The van der Waals surface area contributed by atoms with Gasteiger partial charge in [0.25, 0.3) is 0 Å². The van der Waals surface area contributed by atoms with E-state index >= 15 is 0 Å². The van der Waals surface area contributed by atoms with Crippen molar-refractivity contribution < 1.29 is 20.4 Å². The Hall–Kier alpha value is -7.32. The number of hydrogen-bond acceptors (Lipinski definition) is 4. The number of fused-ring (bicyclic) bond motifs is 8. The summed E-state index contributed by atoms with van der Waals surface area (Å²) in [7, 11) is 0. The smallest absolute Gasteiger partial charge is 0.151 e. The molecule has 0 saturated heterocycles. The van der Waals surface area contributed by atoms with Crippen LogP contribution in [0.4, 0.5) is 0 Å². The number of phenolic OH excluding ortho intramolecular Hbond substituents is 4. The number of aromatic hydroxyl groups is 4. The predicted octanol–water partition coefficient (Wildman–Crippen LogP) is 8.21. The van der Waals surface area contributed by atoms with Crippen molar-refractivity contribution in [3.05, 3.63) is 237 Å². The third-order valence-electron chi connectivity index (χ3n) is 9.44. The number of hydrogen-bond donors (Lipinski definition) is 8. The second-order valence-electron chi connectivity index (χ2n) is 12.8. The van der Waals surface area contributed by atoms with E-state index in [2.05, 4.69) is 19.9 Å². The van der Waals surface area contributed by atoms with Crippen molar-refractivity contribution in [2.45, 2.75) is 0 Å². The summed E-state index contributed by atoms with van der Waals surface area (Å²) in [4.78, 5) is 14.7. The van der Waals surface area contributed by atoms with Gasteiger partial charge >= 0.3 is 0 Å². The van der Waals surface area contributed by atoms with Crippen LogP contribution < -0.4 is 0 Å². The summed E-state index contributed by atoms with van der Waals surface area (Å²) < 4.78 is 0. The molecule has 0 unspecified atom stereocenters. The quantitative estimate of drug-likeness (QED) is 0.0886. The topological polar surface area (TPSA) is 144 Å². The number of benzene rings is 4. The van der Waals surface area contributed by atoms with Gasteiger partial charge in [-0.15, -0.1) is 0 Å². The lowest BCUT2D eigenvalue weighted by atomic mass is 9.92. The van der Waals surface area contributed by atoms with Gasteiger partial charge < -0.3 is 40.4 Å².